The zero-order valence-electron chi connectivity index (χ0n) is 52.2. The molecule has 0 fully saturated rings. The maximum absolute atomic E-state index is 15.2. The van der Waals surface area contributed by atoms with E-state index in [1.165, 1.54) is 12.5 Å². The van der Waals surface area contributed by atoms with Crippen molar-refractivity contribution in [2.24, 2.45) is 34.6 Å². The molecule has 1 aliphatic heterocycles. The lowest BCUT2D eigenvalue weighted by atomic mass is 9.97. The molecule has 3 heterocycles. The summed E-state index contributed by atoms with van der Waals surface area (Å²) in [5.74, 6) is -7.27. The smallest absolute Gasteiger partial charge is 0.243 e. The van der Waals surface area contributed by atoms with Crippen molar-refractivity contribution in [2.45, 2.75) is 146 Å². The number of aromatic amines is 2. The van der Waals surface area contributed by atoms with Crippen molar-refractivity contribution < 1.29 is 38.4 Å². The van der Waals surface area contributed by atoms with Gasteiger partial charge in [-0.3, -0.25) is 54.6 Å². The van der Waals surface area contributed by atoms with Crippen LogP contribution in [0.3, 0.4) is 0 Å². The quantitative estimate of drug-likeness (QED) is 0.0161. The molecule has 1 aromatic carbocycles. The van der Waals surface area contributed by atoms with E-state index < -0.39 is 95.6 Å². The normalized spacial score (nSPS) is 16.3. The highest BCUT2D eigenvalue weighted by Gasteiger charge is 2.36. The number of nitrogens with one attached hydrogen (secondary N) is 17. The number of hydrogen-bond donors (Lipinski definition) is 22. The SMILES string of the molecule is C=C1/C=C\C=C/CN/C=C\1C[C@H](NC(=O)[C@H](CCCNC(=N)N)NC(=O)[C@H](CCCCN)NC(=O)[C@H](CCCNC(=N)N)NC(=O)[C@@H](NC)[C@@H](C)CC)C(=O)N[C@@H](Cc1c[nH]cn1)C(=O)N[C@@H](CCCNC(=N)N)C(=O)N[C@@H](Cc1c[nH]c2ccccc12)C(N)=O. The van der Waals surface area contributed by atoms with Crippen molar-refractivity contribution in [2.75, 3.05) is 39.8 Å². The van der Waals surface area contributed by atoms with Gasteiger partial charge in [-0.15, -0.1) is 0 Å². The van der Waals surface area contributed by atoms with Gasteiger partial charge in [-0.25, -0.2) is 4.98 Å². The number of likely N-dealkylation sites (N-methyl/N-ethyl adjacent to an activating group) is 1. The average molecular weight is 1270 g/mol. The number of primary amides is 1. The van der Waals surface area contributed by atoms with Crippen LogP contribution in [0.15, 0.2) is 91.2 Å². The highest BCUT2D eigenvalue weighted by molar-refractivity contribution is 5.98. The van der Waals surface area contributed by atoms with Gasteiger partial charge in [0.25, 0.3) is 0 Å². The molecule has 8 amide bonds. The molecule has 1 aliphatic rings. The van der Waals surface area contributed by atoms with E-state index in [4.69, 9.17) is 44.9 Å². The molecular weight excluding hydrogens is 1170 g/mol. The first-order valence-electron chi connectivity index (χ1n) is 30.6. The van der Waals surface area contributed by atoms with Crippen LogP contribution in [0.4, 0.5) is 0 Å². The average Bonchev–Trinajstić information content (AvgIpc) is 2.34. The number of fused-ring (bicyclic) bond motifs is 1. The number of imidazole rings is 1. The molecule has 0 saturated carbocycles. The molecule has 498 valence electrons. The summed E-state index contributed by atoms with van der Waals surface area (Å²) >= 11 is 0. The number of benzene rings is 1. The standard InChI is InChI=1S/C60H95N23O8/c1-5-35(2)49(69-4)57(91)80-45(22-15-27-74-60(67)68)52(86)77-42(19-10-11-23-61)51(85)78-44(21-14-26-73-59(65)66)54(88)82-47(28-37-31-70-24-12-6-7-16-36(37)3)55(89)83-48(30-39-33-71-34-76-39)56(90)79-43(20-13-25-72-58(63)64)53(87)81-46(50(62)84)29-38-32-75-41-18-9-8-17-40(38)41/h6-9,12,16-18,31-35,42-49,69-70,75H,3,5,10-11,13-15,19-30,61H2,1-2,4H3,(H2,62,84)(H,71,76)(H,77,86)(H,78,85)(H,79,90)(H,80,91)(H,81,87)(H,82,88)(H,83,89)(H4,63,64,72)(H4,65,66,73)(H4,67,68,74)/b12-6-,16-7-,37-31-/t35-,42-,43-,44-,45-,46-,47-,48-,49-/m0/s1. The number of H-pyrrole nitrogens is 2. The van der Waals surface area contributed by atoms with E-state index >= 15 is 9.59 Å². The third-order valence-corrected chi connectivity index (χ3v) is 15.1. The first kappa shape index (κ1) is 73.7. The Morgan fingerprint density at radius 1 is 0.615 bits per heavy atom. The molecule has 27 N–H and O–H groups in total. The van der Waals surface area contributed by atoms with Gasteiger partial charge in [-0.2, -0.15) is 0 Å². The van der Waals surface area contributed by atoms with E-state index in [-0.39, 0.29) is 114 Å². The Balaban J connectivity index is 1.73. The second kappa shape index (κ2) is 39.3. The van der Waals surface area contributed by atoms with Crippen LogP contribution in [0, 0.1) is 22.1 Å². The number of carbonyl (C=O) groups is 8. The first-order chi connectivity index (χ1) is 43.5. The van der Waals surface area contributed by atoms with Crippen molar-refractivity contribution >= 4 is 76.0 Å². The number of carbonyl (C=O) groups excluding carboxylic acids is 8. The third kappa shape index (κ3) is 26.1. The summed E-state index contributed by atoms with van der Waals surface area (Å²) in [6, 6.07) is -2.77. The number of hydrogen-bond acceptors (Lipinski definition) is 15. The summed E-state index contributed by atoms with van der Waals surface area (Å²) in [7, 11) is 1.63. The minimum absolute atomic E-state index is 0.000102. The number of amides is 8. The lowest BCUT2D eigenvalue weighted by molar-refractivity contribution is -0.136. The Kier molecular flexibility index (Phi) is 31.8. The highest BCUT2D eigenvalue weighted by atomic mass is 16.2. The molecule has 31 nitrogen and oxygen atoms in total. The van der Waals surface area contributed by atoms with E-state index in [0.29, 0.717) is 48.2 Å². The number of nitrogens with two attached hydrogens (primary N) is 5. The van der Waals surface area contributed by atoms with E-state index in [1.807, 2.05) is 44.2 Å². The van der Waals surface area contributed by atoms with E-state index in [2.05, 4.69) is 85.3 Å². The van der Waals surface area contributed by atoms with Gasteiger partial charge in [0.2, 0.25) is 47.3 Å². The Morgan fingerprint density at radius 3 is 1.58 bits per heavy atom. The Bertz CT molecular complexity index is 3030. The summed E-state index contributed by atoms with van der Waals surface area (Å²) in [6.07, 6.45) is 14.9. The lowest BCUT2D eigenvalue weighted by Gasteiger charge is -2.29. The third-order valence-electron chi connectivity index (χ3n) is 15.1. The second-order valence-corrected chi connectivity index (χ2v) is 22.1. The highest BCUT2D eigenvalue weighted by Crippen LogP contribution is 2.21. The summed E-state index contributed by atoms with van der Waals surface area (Å²) in [5, 5.41) is 57.4. The van der Waals surface area contributed by atoms with Crippen molar-refractivity contribution in [3.05, 3.63) is 102 Å². The Hall–Kier alpha value is -9.78. The zero-order valence-corrected chi connectivity index (χ0v) is 52.2. The second-order valence-electron chi connectivity index (χ2n) is 22.1. The van der Waals surface area contributed by atoms with Crippen molar-refractivity contribution in [3.8, 4) is 0 Å². The molecule has 0 radical (unpaired) electrons. The molecule has 9 atom stereocenters. The van der Waals surface area contributed by atoms with Crippen LogP contribution in [0.25, 0.3) is 10.9 Å². The maximum Gasteiger partial charge on any atom is 0.243 e. The predicted octanol–water partition coefficient (Wildman–Crippen LogP) is -2.35. The van der Waals surface area contributed by atoms with Crippen LogP contribution in [-0.4, -0.2) is 168 Å². The molecule has 31 heteroatoms. The van der Waals surface area contributed by atoms with E-state index in [9.17, 15) is 28.8 Å². The molecule has 91 heavy (non-hydrogen) atoms. The number of allylic oxidation sites excluding steroid dienone is 4. The van der Waals surface area contributed by atoms with Crippen LogP contribution >= 0.6 is 0 Å². The largest absolute Gasteiger partial charge is 0.387 e. The van der Waals surface area contributed by atoms with Crippen molar-refractivity contribution in [1.29, 1.82) is 16.2 Å². The number of guanidine groups is 3. The van der Waals surface area contributed by atoms with Gasteiger partial charge in [0.1, 0.15) is 42.3 Å². The van der Waals surface area contributed by atoms with Gasteiger partial charge in [-0.1, -0.05) is 69.4 Å². The fourth-order valence-electron chi connectivity index (χ4n) is 9.91. The van der Waals surface area contributed by atoms with Crippen LogP contribution in [0.5, 0.6) is 0 Å². The number of para-hydroxylation sites is 1. The first-order valence-corrected chi connectivity index (χ1v) is 30.6. The molecule has 0 saturated heterocycles. The number of unbranched alkanes of at least 4 members (excludes halogenated alkanes) is 1. The van der Waals surface area contributed by atoms with Crippen molar-refractivity contribution in [1.82, 2.24) is 78.8 Å². The minimum Gasteiger partial charge on any atom is -0.387 e. The maximum atomic E-state index is 15.2. The summed E-state index contributed by atoms with van der Waals surface area (Å²) in [4.78, 5) is 125. The van der Waals surface area contributed by atoms with Gasteiger partial charge in [0.15, 0.2) is 17.9 Å². The predicted molar refractivity (Wildman–Crippen MR) is 348 cm³/mol. The fraction of sp³-hybridized carbons (Fsp3) is 0.500. The monoisotopic (exact) mass is 1270 g/mol. The molecule has 0 unspecified atom stereocenters. The molecular formula is C60H95N23O8. The fourth-order valence-corrected chi connectivity index (χ4v) is 9.91. The Labute approximate surface area is 530 Å². The molecule has 4 rings (SSSR count). The van der Waals surface area contributed by atoms with Gasteiger partial charge < -0.3 is 102 Å². The number of aromatic nitrogens is 3. The van der Waals surface area contributed by atoms with Crippen LogP contribution in [0.2, 0.25) is 0 Å². The zero-order chi connectivity index (χ0) is 66.8. The van der Waals surface area contributed by atoms with Gasteiger partial charge >= 0.3 is 0 Å². The molecule has 0 spiro atoms. The molecule has 2 aromatic heterocycles. The number of nitrogens with zero attached hydrogens (tertiary/aromatic N) is 1. The van der Waals surface area contributed by atoms with E-state index in [1.54, 1.807) is 37.7 Å². The summed E-state index contributed by atoms with van der Waals surface area (Å²) in [5.41, 5.74) is 31.1. The van der Waals surface area contributed by atoms with Gasteiger partial charge in [0.05, 0.1) is 18.1 Å². The molecule has 0 bridgehead atoms. The molecule has 0 aliphatic carbocycles. The lowest BCUT2D eigenvalue weighted by Crippen LogP contribution is -2.60. The molecule has 3 aromatic rings. The van der Waals surface area contributed by atoms with Crippen LogP contribution in [0.1, 0.15) is 95.7 Å². The van der Waals surface area contributed by atoms with Crippen molar-refractivity contribution in [3.63, 3.8) is 0 Å². The van der Waals surface area contributed by atoms with Gasteiger partial charge in [0, 0.05) is 74.9 Å². The Morgan fingerprint density at radius 2 is 1.10 bits per heavy atom. The summed E-state index contributed by atoms with van der Waals surface area (Å²) < 4.78 is 0. The topological polar surface area (TPSA) is 527 Å². The number of rotatable bonds is 40. The van der Waals surface area contributed by atoms with Crippen LogP contribution < -0.4 is 92.5 Å². The van der Waals surface area contributed by atoms with Gasteiger partial charge in [-0.05, 0) is 100 Å². The minimum atomic E-state index is -1.53. The van der Waals surface area contributed by atoms with Crippen LogP contribution in [-0.2, 0) is 51.2 Å². The van der Waals surface area contributed by atoms with E-state index in [0.717, 1.165) is 10.9 Å². The summed E-state index contributed by atoms with van der Waals surface area (Å²) in [6.45, 7) is 9.06.